The molecule has 202 valence electrons. The second-order valence-electron chi connectivity index (χ2n) is 11.5. The zero-order chi connectivity index (χ0) is 26.6. The zero-order valence-corrected chi connectivity index (χ0v) is 23.2. The van der Waals surface area contributed by atoms with Crippen molar-refractivity contribution in [2.45, 2.75) is 104 Å². The highest BCUT2D eigenvalue weighted by Crippen LogP contribution is 2.42. The third-order valence-corrected chi connectivity index (χ3v) is 8.06. The van der Waals surface area contributed by atoms with Gasteiger partial charge in [0.2, 0.25) is 0 Å². The van der Waals surface area contributed by atoms with Crippen LogP contribution in [0.15, 0.2) is 48.1 Å². The van der Waals surface area contributed by atoms with Crippen LogP contribution in [0.25, 0.3) is 5.57 Å². The summed E-state index contributed by atoms with van der Waals surface area (Å²) in [7, 11) is 0. The molecule has 6 atom stereocenters. The van der Waals surface area contributed by atoms with Crippen molar-refractivity contribution in [1.82, 2.24) is 0 Å². The van der Waals surface area contributed by atoms with Gasteiger partial charge in [0.25, 0.3) is 0 Å². The first kappa shape index (κ1) is 27.8. The van der Waals surface area contributed by atoms with Crippen LogP contribution < -0.4 is 0 Å². The van der Waals surface area contributed by atoms with E-state index < -0.39 is 5.79 Å². The van der Waals surface area contributed by atoms with E-state index >= 15 is 0 Å². The fourth-order valence-electron chi connectivity index (χ4n) is 5.99. The molecule has 4 rings (SSSR count). The molecule has 3 aliphatic rings. The first-order valence-electron chi connectivity index (χ1n) is 14.0. The molecule has 0 saturated carbocycles. The van der Waals surface area contributed by atoms with E-state index in [0.29, 0.717) is 36.8 Å². The number of rotatable bonds is 7. The van der Waals surface area contributed by atoms with Gasteiger partial charge < -0.3 is 19.3 Å². The Bertz CT molecular complexity index is 1050. The second-order valence-corrected chi connectivity index (χ2v) is 11.5. The molecule has 0 radical (unpaired) electrons. The number of esters is 1. The summed E-state index contributed by atoms with van der Waals surface area (Å²) in [5.41, 5.74) is 5.01. The van der Waals surface area contributed by atoms with Gasteiger partial charge in [-0.05, 0) is 68.6 Å². The molecule has 1 aromatic carbocycles. The minimum atomic E-state index is -0.619. The van der Waals surface area contributed by atoms with Crippen LogP contribution in [0.1, 0.15) is 94.1 Å². The molecule has 2 saturated heterocycles. The highest BCUT2D eigenvalue weighted by Gasteiger charge is 2.46. The lowest BCUT2D eigenvalue weighted by Crippen LogP contribution is -2.53. The van der Waals surface area contributed by atoms with Gasteiger partial charge in [0, 0.05) is 19.3 Å². The molecule has 1 spiro atoms. The molecule has 2 fully saturated rings. The van der Waals surface area contributed by atoms with E-state index in [1.54, 1.807) is 0 Å². The predicted molar refractivity (Wildman–Crippen MR) is 147 cm³/mol. The summed E-state index contributed by atoms with van der Waals surface area (Å²) in [6.45, 7) is 11.1. The Balaban J connectivity index is 1.32. The van der Waals surface area contributed by atoms with Crippen LogP contribution in [0.4, 0.5) is 0 Å². The highest BCUT2D eigenvalue weighted by atomic mass is 16.7. The summed E-state index contributed by atoms with van der Waals surface area (Å²) < 4.78 is 18.3. The van der Waals surface area contributed by atoms with Crippen molar-refractivity contribution in [3.63, 3.8) is 0 Å². The molecule has 0 amide bonds. The summed E-state index contributed by atoms with van der Waals surface area (Å²) in [6.07, 6.45) is 14.3. The first-order chi connectivity index (χ1) is 17.7. The van der Waals surface area contributed by atoms with Gasteiger partial charge in [0.1, 0.15) is 6.61 Å². The Hall–Kier alpha value is -2.21. The van der Waals surface area contributed by atoms with Gasteiger partial charge >= 0.3 is 5.97 Å². The minimum absolute atomic E-state index is 0.0158. The Kier molecular flexibility index (Phi) is 9.10. The Labute approximate surface area is 222 Å². The fraction of sp³-hybridized carbons (Fsp3) is 0.594. The quantitative estimate of drug-likeness (QED) is 0.320. The van der Waals surface area contributed by atoms with Crippen LogP contribution in [0.5, 0.6) is 0 Å². The molecular formula is C32H44O5. The van der Waals surface area contributed by atoms with Crippen molar-refractivity contribution < 1.29 is 24.1 Å². The summed E-state index contributed by atoms with van der Waals surface area (Å²) in [5.74, 6) is 0.0423. The Morgan fingerprint density at radius 3 is 2.86 bits per heavy atom. The average molecular weight is 509 g/mol. The molecule has 3 heterocycles. The van der Waals surface area contributed by atoms with E-state index in [0.717, 1.165) is 48.8 Å². The average Bonchev–Trinajstić information content (AvgIpc) is 2.85. The monoisotopic (exact) mass is 508 g/mol. The lowest BCUT2D eigenvalue weighted by molar-refractivity contribution is -0.334. The maximum atomic E-state index is 12.1. The SMILES string of the molecule is CCC1OC2(CCC1C)CC(O)CC(CC=C(C)CC(C)C=CC=C1COC(=O)c3cc(C)ccc31)O2. The number of fused-ring (bicyclic) bond motifs is 1. The normalized spacial score (nSPS) is 32.5. The van der Waals surface area contributed by atoms with E-state index in [-0.39, 0.29) is 24.3 Å². The molecule has 1 N–H and O–H groups in total. The van der Waals surface area contributed by atoms with Crippen LogP contribution in [-0.2, 0) is 14.2 Å². The lowest BCUT2D eigenvalue weighted by Gasteiger charge is -2.49. The summed E-state index contributed by atoms with van der Waals surface area (Å²) in [4.78, 5) is 12.1. The van der Waals surface area contributed by atoms with Crippen LogP contribution in [0.3, 0.4) is 0 Å². The maximum Gasteiger partial charge on any atom is 0.339 e. The third kappa shape index (κ3) is 7.01. The third-order valence-electron chi connectivity index (χ3n) is 8.06. The summed E-state index contributed by atoms with van der Waals surface area (Å²) >= 11 is 0. The second kappa shape index (κ2) is 12.1. The van der Waals surface area contributed by atoms with Gasteiger partial charge in [-0.2, -0.15) is 0 Å². The van der Waals surface area contributed by atoms with Crippen LogP contribution in [0, 0.1) is 18.8 Å². The van der Waals surface area contributed by atoms with Crippen LogP contribution in [0.2, 0.25) is 0 Å². The zero-order valence-electron chi connectivity index (χ0n) is 23.2. The van der Waals surface area contributed by atoms with Crippen molar-refractivity contribution >= 4 is 11.5 Å². The van der Waals surface area contributed by atoms with Crippen LogP contribution >= 0.6 is 0 Å². The molecule has 3 aliphatic heterocycles. The standard InChI is InChI=1S/C32H44O5/c1-6-30-24(5)14-15-32(37-30)19-26(33)18-27(36-32)12-10-22(3)16-21(2)8-7-9-25-20-35-31(34)29-17-23(4)11-13-28(25)29/h7-11,13,17,21,24,26-27,30,33H,6,12,14-16,18-20H2,1-5H3. The number of aliphatic hydroxyl groups excluding tert-OH is 1. The van der Waals surface area contributed by atoms with E-state index in [9.17, 15) is 9.90 Å². The van der Waals surface area contributed by atoms with Gasteiger partial charge in [-0.3, -0.25) is 0 Å². The van der Waals surface area contributed by atoms with E-state index in [2.05, 4.69) is 52.0 Å². The predicted octanol–water partition coefficient (Wildman–Crippen LogP) is 6.93. The number of cyclic esters (lactones) is 1. The molecule has 5 heteroatoms. The number of carbonyl (C=O) groups is 1. The smallest absolute Gasteiger partial charge is 0.339 e. The number of carbonyl (C=O) groups excluding carboxylic acids is 1. The van der Waals surface area contributed by atoms with E-state index in [1.807, 2.05) is 25.1 Å². The molecule has 5 nitrogen and oxygen atoms in total. The highest BCUT2D eigenvalue weighted by molar-refractivity contribution is 5.99. The van der Waals surface area contributed by atoms with Gasteiger partial charge in [-0.1, -0.05) is 68.3 Å². The molecule has 1 aromatic rings. The Morgan fingerprint density at radius 2 is 2.08 bits per heavy atom. The number of allylic oxidation sites excluding steroid dienone is 4. The fourth-order valence-corrected chi connectivity index (χ4v) is 5.99. The molecule has 6 unspecified atom stereocenters. The number of hydrogen-bond acceptors (Lipinski definition) is 5. The molecule has 0 bridgehead atoms. The molecule has 0 aliphatic carbocycles. The van der Waals surface area contributed by atoms with Crippen LogP contribution in [-0.4, -0.2) is 41.8 Å². The number of ether oxygens (including phenoxy) is 3. The maximum absolute atomic E-state index is 12.1. The van der Waals surface area contributed by atoms with Gasteiger partial charge in [-0.25, -0.2) is 4.79 Å². The number of aliphatic hydroxyl groups is 1. The molecule has 37 heavy (non-hydrogen) atoms. The Morgan fingerprint density at radius 1 is 1.27 bits per heavy atom. The largest absolute Gasteiger partial charge is 0.457 e. The number of benzene rings is 1. The summed E-state index contributed by atoms with van der Waals surface area (Å²) in [5, 5.41) is 10.6. The van der Waals surface area contributed by atoms with Gasteiger partial charge in [0.05, 0.1) is 23.9 Å². The summed E-state index contributed by atoms with van der Waals surface area (Å²) in [6, 6.07) is 5.94. The van der Waals surface area contributed by atoms with E-state index in [4.69, 9.17) is 14.2 Å². The van der Waals surface area contributed by atoms with Gasteiger partial charge in [-0.15, -0.1) is 0 Å². The topological polar surface area (TPSA) is 65.0 Å². The molecule has 0 aromatic heterocycles. The number of hydrogen-bond donors (Lipinski definition) is 1. The number of aryl methyl sites for hydroxylation is 1. The van der Waals surface area contributed by atoms with Crippen molar-refractivity contribution in [3.8, 4) is 0 Å². The first-order valence-corrected chi connectivity index (χ1v) is 14.0. The van der Waals surface area contributed by atoms with Gasteiger partial charge in [0.15, 0.2) is 5.79 Å². The minimum Gasteiger partial charge on any atom is -0.457 e. The molecular weight excluding hydrogens is 464 g/mol. The van der Waals surface area contributed by atoms with Crippen molar-refractivity contribution in [2.75, 3.05) is 6.61 Å². The van der Waals surface area contributed by atoms with Crippen molar-refractivity contribution in [3.05, 3.63) is 64.8 Å². The lowest BCUT2D eigenvalue weighted by atomic mass is 9.85. The van der Waals surface area contributed by atoms with Crippen molar-refractivity contribution in [2.24, 2.45) is 11.8 Å². The van der Waals surface area contributed by atoms with Crippen molar-refractivity contribution in [1.29, 1.82) is 0 Å². The van der Waals surface area contributed by atoms with E-state index in [1.165, 1.54) is 5.57 Å².